The molecule has 2 heteroatoms. The molecule has 2 nitrogen and oxygen atoms in total. The van der Waals surface area contributed by atoms with Crippen molar-refractivity contribution in [1.82, 2.24) is 0 Å². The van der Waals surface area contributed by atoms with Crippen molar-refractivity contribution < 1.29 is 9.47 Å². The van der Waals surface area contributed by atoms with Crippen molar-refractivity contribution in [2.24, 2.45) is 5.41 Å². The van der Waals surface area contributed by atoms with Gasteiger partial charge >= 0.3 is 0 Å². The summed E-state index contributed by atoms with van der Waals surface area (Å²) in [6, 6.07) is 0. The van der Waals surface area contributed by atoms with Crippen LogP contribution in [0.5, 0.6) is 0 Å². The molecule has 0 aromatic heterocycles. The molecule has 3 atom stereocenters. The fraction of sp³-hybridized carbons (Fsp3) is 0.846. The van der Waals surface area contributed by atoms with Crippen molar-refractivity contribution in [2.75, 3.05) is 6.61 Å². The number of fused-ring (bicyclic) bond motifs is 3. The van der Waals surface area contributed by atoms with E-state index in [1.165, 1.54) is 12.8 Å². The molecule has 0 radical (unpaired) electrons. The van der Waals surface area contributed by atoms with Gasteiger partial charge in [0.1, 0.15) is 0 Å². The highest BCUT2D eigenvalue weighted by molar-refractivity contribution is 5.23. The molecule has 2 saturated heterocycles. The molecule has 2 fully saturated rings. The Labute approximate surface area is 91.6 Å². The Hall–Kier alpha value is -0.340. The van der Waals surface area contributed by atoms with Crippen LogP contribution in [0.3, 0.4) is 0 Å². The van der Waals surface area contributed by atoms with E-state index >= 15 is 0 Å². The van der Waals surface area contributed by atoms with Crippen molar-refractivity contribution in [2.45, 2.75) is 57.3 Å². The van der Waals surface area contributed by atoms with Crippen LogP contribution >= 0.6 is 0 Å². The van der Waals surface area contributed by atoms with E-state index in [0.29, 0.717) is 12.2 Å². The fourth-order valence-corrected chi connectivity index (χ4v) is 4.06. The van der Waals surface area contributed by atoms with Gasteiger partial charge in [0, 0.05) is 12.0 Å². The van der Waals surface area contributed by atoms with E-state index in [0.717, 1.165) is 19.4 Å². The summed E-state index contributed by atoms with van der Waals surface area (Å²) >= 11 is 0. The van der Waals surface area contributed by atoms with Crippen LogP contribution in [-0.4, -0.2) is 24.4 Å². The molecule has 15 heavy (non-hydrogen) atoms. The Morgan fingerprint density at radius 3 is 2.60 bits per heavy atom. The average molecular weight is 208 g/mol. The Morgan fingerprint density at radius 2 is 2.07 bits per heavy atom. The smallest absolute Gasteiger partial charge is 0.0850 e. The van der Waals surface area contributed by atoms with Crippen LogP contribution in [0.4, 0.5) is 0 Å². The van der Waals surface area contributed by atoms with Crippen LogP contribution < -0.4 is 0 Å². The maximum absolute atomic E-state index is 6.12. The lowest BCUT2D eigenvalue weighted by Gasteiger charge is -2.44. The number of hydrogen-bond donors (Lipinski definition) is 0. The highest BCUT2D eigenvalue weighted by atomic mass is 16.5. The van der Waals surface area contributed by atoms with E-state index in [9.17, 15) is 0 Å². The van der Waals surface area contributed by atoms with Gasteiger partial charge in [-0.05, 0) is 25.7 Å². The first-order chi connectivity index (χ1) is 7.26. The lowest BCUT2D eigenvalue weighted by atomic mass is 9.62. The standard InChI is InChI=1S/C13H20O2/c1-3-13(4-2)12(7-8-14-13)9-10-5-6-11(12)15-10/h5-6,10-11H,3-4,7-9H2,1-2H3. The Bertz CT molecular complexity index is 293. The Balaban J connectivity index is 2.00. The number of hydrogen-bond acceptors (Lipinski definition) is 2. The van der Waals surface area contributed by atoms with Crippen LogP contribution in [0.1, 0.15) is 39.5 Å². The SMILES string of the molecule is CCC1(CC)OCCC12CC1C=CC2O1. The van der Waals surface area contributed by atoms with Crippen molar-refractivity contribution in [1.29, 1.82) is 0 Å². The quantitative estimate of drug-likeness (QED) is 0.650. The molecule has 0 saturated carbocycles. The molecule has 3 unspecified atom stereocenters. The van der Waals surface area contributed by atoms with Gasteiger partial charge in [-0.25, -0.2) is 0 Å². The van der Waals surface area contributed by atoms with Crippen LogP contribution in [-0.2, 0) is 9.47 Å². The highest BCUT2D eigenvalue weighted by Gasteiger charge is 2.63. The van der Waals surface area contributed by atoms with Gasteiger partial charge in [-0.1, -0.05) is 26.0 Å². The molecule has 0 aliphatic carbocycles. The normalized spacial score (nSPS) is 45.7. The molecule has 1 spiro atoms. The lowest BCUT2D eigenvalue weighted by molar-refractivity contribution is -0.0854. The molecule has 0 amide bonds. The van der Waals surface area contributed by atoms with Gasteiger partial charge < -0.3 is 9.47 Å². The van der Waals surface area contributed by atoms with Crippen molar-refractivity contribution >= 4 is 0 Å². The zero-order valence-electron chi connectivity index (χ0n) is 9.66. The minimum Gasteiger partial charge on any atom is -0.374 e. The molecule has 3 aliphatic heterocycles. The number of ether oxygens (including phenoxy) is 2. The third-order valence-electron chi connectivity index (χ3n) is 4.91. The maximum atomic E-state index is 6.12. The van der Waals surface area contributed by atoms with Gasteiger partial charge in [-0.15, -0.1) is 0 Å². The van der Waals surface area contributed by atoms with E-state index in [-0.39, 0.29) is 11.0 Å². The second-order valence-corrected chi connectivity index (χ2v) is 5.14. The predicted octanol–water partition coefficient (Wildman–Crippen LogP) is 2.68. The largest absolute Gasteiger partial charge is 0.374 e. The van der Waals surface area contributed by atoms with Gasteiger partial charge in [0.15, 0.2) is 0 Å². The molecule has 0 aromatic carbocycles. The summed E-state index contributed by atoms with van der Waals surface area (Å²) < 4.78 is 12.1. The van der Waals surface area contributed by atoms with Crippen molar-refractivity contribution in [3.05, 3.63) is 12.2 Å². The zero-order valence-corrected chi connectivity index (χ0v) is 9.66. The fourth-order valence-electron chi connectivity index (χ4n) is 4.06. The van der Waals surface area contributed by atoms with Crippen LogP contribution in [0, 0.1) is 5.41 Å². The van der Waals surface area contributed by atoms with E-state index in [1.54, 1.807) is 0 Å². The monoisotopic (exact) mass is 208 g/mol. The minimum atomic E-state index is 0.0805. The molecule has 3 rings (SSSR count). The summed E-state index contributed by atoms with van der Waals surface area (Å²) in [5.74, 6) is 0. The zero-order chi connectivity index (χ0) is 10.5. The summed E-state index contributed by atoms with van der Waals surface area (Å²) in [5, 5.41) is 0. The molecule has 0 aromatic rings. The van der Waals surface area contributed by atoms with Gasteiger partial charge in [-0.3, -0.25) is 0 Å². The predicted molar refractivity (Wildman–Crippen MR) is 58.7 cm³/mol. The molecule has 84 valence electrons. The van der Waals surface area contributed by atoms with Gasteiger partial charge in [0.2, 0.25) is 0 Å². The average Bonchev–Trinajstić information content (AvgIpc) is 2.93. The van der Waals surface area contributed by atoms with E-state index in [2.05, 4.69) is 26.0 Å². The summed E-state index contributed by atoms with van der Waals surface area (Å²) in [6.45, 7) is 5.43. The number of rotatable bonds is 2. The third-order valence-corrected chi connectivity index (χ3v) is 4.91. The first-order valence-corrected chi connectivity index (χ1v) is 6.24. The van der Waals surface area contributed by atoms with Crippen molar-refractivity contribution in [3.8, 4) is 0 Å². The Kier molecular flexibility index (Phi) is 2.02. The summed E-state index contributed by atoms with van der Waals surface area (Å²) in [7, 11) is 0. The first kappa shape index (κ1) is 9.86. The molecular weight excluding hydrogens is 188 g/mol. The highest BCUT2D eigenvalue weighted by Crippen LogP contribution is 2.59. The van der Waals surface area contributed by atoms with E-state index < -0.39 is 0 Å². The second kappa shape index (κ2) is 3.08. The molecular formula is C13H20O2. The van der Waals surface area contributed by atoms with E-state index in [4.69, 9.17) is 9.47 Å². The Morgan fingerprint density at radius 1 is 1.27 bits per heavy atom. The third kappa shape index (κ3) is 1.02. The van der Waals surface area contributed by atoms with Crippen LogP contribution in [0.15, 0.2) is 12.2 Å². The minimum absolute atomic E-state index is 0.0805. The molecule has 3 aliphatic rings. The topological polar surface area (TPSA) is 18.5 Å². The van der Waals surface area contributed by atoms with Crippen LogP contribution in [0.25, 0.3) is 0 Å². The molecule has 0 N–H and O–H groups in total. The molecule has 2 bridgehead atoms. The van der Waals surface area contributed by atoms with Gasteiger partial charge in [-0.2, -0.15) is 0 Å². The maximum Gasteiger partial charge on any atom is 0.0850 e. The van der Waals surface area contributed by atoms with Gasteiger partial charge in [0.05, 0.1) is 17.8 Å². The summed E-state index contributed by atoms with van der Waals surface area (Å²) in [6.07, 6.45) is 9.77. The van der Waals surface area contributed by atoms with Crippen LogP contribution in [0.2, 0.25) is 0 Å². The summed E-state index contributed by atoms with van der Waals surface area (Å²) in [5.41, 5.74) is 0.368. The van der Waals surface area contributed by atoms with Crippen molar-refractivity contribution in [3.63, 3.8) is 0 Å². The van der Waals surface area contributed by atoms with E-state index in [1.807, 2.05) is 0 Å². The molecule has 3 heterocycles. The van der Waals surface area contributed by atoms with Gasteiger partial charge in [0.25, 0.3) is 0 Å². The lowest BCUT2D eigenvalue weighted by Crippen LogP contribution is -2.49. The first-order valence-electron chi connectivity index (χ1n) is 6.24. The second-order valence-electron chi connectivity index (χ2n) is 5.14. The summed E-state index contributed by atoms with van der Waals surface area (Å²) in [4.78, 5) is 0.